The Balaban J connectivity index is 2.19. The molecule has 124 valence electrons. The Morgan fingerprint density at radius 1 is 1.18 bits per heavy atom. The Morgan fingerprint density at radius 3 is 2.36 bits per heavy atom. The van der Waals surface area contributed by atoms with E-state index in [1.807, 2.05) is 6.07 Å². The van der Waals surface area contributed by atoms with E-state index in [9.17, 15) is 4.39 Å². The fraction of sp³-hybridized carbons (Fsp3) is 0.667. The second kappa shape index (κ2) is 7.82. The first kappa shape index (κ1) is 17.1. The van der Waals surface area contributed by atoms with Crippen molar-refractivity contribution in [2.24, 2.45) is 5.92 Å². The van der Waals surface area contributed by atoms with Gasteiger partial charge in [-0.3, -0.25) is 9.29 Å². The van der Waals surface area contributed by atoms with Gasteiger partial charge in [0, 0.05) is 17.7 Å². The quantitative estimate of drug-likeness (QED) is 0.792. The van der Waals surface area contributed by atoms with Crippen molar-refractivity contribution in [3.8, 4) is 11.5 Å². The summed E-state index contributed by atoms with van der Waals surface area (Å²) in [5.74, 6) is 2.40. The lowest BCUT2D eigenvalue weighted by atomic mass is 9.95. The summed E-state index contributed by atoms with van der Waals surface area (Å²) in [4.78, 5) is 2.39. The van der Waals surface area contributed by atoms with E-state index in [-0.39, 0.29) is 12.6 Å². The molecule has 4 heteroatoms. The Bertz CT molecular complexity index is 482. The number of ether oxygens (including phenoxy) is 2. The Hall–Kier alpha value is -1.29. The molecule has 1 fully saturated rings. The van der Waals surface area contributed by atoms with Gasteiger partial charge in [-0.15, -0.1) is 0 Å². The van der Waals surface area contributed by atoms with Crippen LogP contribution in [0.25, 0.3) is 0 Å². The van der Waals surface area contributed by atoms with Gasteiger partial charge in [-0.25, -0.2) is 0 Å². The summed E-state index contributed by atoms with van der Waals surface area (Å²) in [6.45, 7) is 6.89. The highest BCUT2D eigenvalue weighted by atomic mass is 19.1. The Labute approximate surface area is 133 Å². The standard InChI is InChI=1S/C18H28FNO2/c1-13(2)17-16(21-3)6-5-15(18(17)22-4)12-20-9-7-14(11-19)8-10-20/h5-6,13-14H,7-12H2,1-4H3. The molecule has 0 bridgehead atoms. The first-order valence-electron chi connectivity index (χ1n) is 8.12. The molecular formula is C18H28FNO2. The maximum atomic E-state index is 12.7. The fourth-order valence-corrected chi connectivity index (χ4v) is 3.26. The molecule has 0 spiro atoms. The number of likely N-dealkylation sites (tertiary alicyclic amines) is 1. The zero-order valence-electron chi connectivity index (χ0n) is 14.2. The predicted molar refractivity (Wildman–Crippen MR) is 87.6 cm³/mol. The summed E-state index contributed by atoms with van der Waals surface area (Å²) in [6, 6.07) is 4.12. The van der Waals surface area contributed by atoms with Crippen molar-refractivity contribution in [2.45, 2.75) is 39.2 Å². The molecule has 3 nitrogen and oxygen atoms in total. The van der Waals surface area contributed by atoms with E-state index in [0.717, 1.165) is 49.5 Å². The number of alkyl halides is 1. The second-order valence-electron chi connectivity index (χ2n) is 6.40. The summed E-state index contributed by atoms with van der Waals surface area (Å²) in [7, 11) is 3.42. The van der Waals surface area contributed by atoms with Crippen molar-refractivity contribution >= 4 is 0 Å². The molecular weight excluding hydrogens is 281 g/mol. The zero-order chi connectivity index (χ0) is 16.1. The molecule has 0 aliphatic carbocycles. The van der Waals surface area contributed by atoms with Crippen LogP contribution in [0.1, 0.15) is 43.7 Å². The number of piperidine rings is 1. The van der Waals surface area contributed by atoms with Crippen molar-refractivity contribution < 1.29 is 13.9 Å². The van der Waals surface area contributed by atoms with Crippen LogP contribution in [0, 0.1) is 5.92 Å². The molecule has 1 aliphatic heterocycles. The molecule has 0 unspecified atom stereocenters. The van der Waals surface area contributed by atoms with Gasteiger partial charge in [0.15, 0.2) is 0 Å². The molecule has 1 aliphatic rings. The van der Waals surface area contributed by atoms with Crippen LogP contribution in [-0.2, 0) is 6.54 Å². The normalized spacial score (nSPS) is 17.0. The average molecular weight is 309 g/mol. The van der Waals surface area contributed by atoms with Gasteiger partial charge in [0.25, 0.3) is 0 Å². The highest BCUT2D eigenvalue weighted by Crippen LogP contribution is 2.38. The summed E-state index contributed by atoms with van der Waals surface area (Å²) < 4.78 is 23.9. The zero-order valence-corrected chi connectivity index (χ0v) is 14.2. The number of rotatable bonds is 6. The van der Waals surface area contributed by atoms with Crippen LogP contribution in [0.2, 0.25) is 0 Å². The number of hydrogen-bond acceptors (Lipinski definition) is 3. The molecule has 0 N–H and O–H groups in total. The van der Waals surface area contributed by atoms with Crippen LogP contribution >= 0.6 is 0 Å². The van der Waals surface area contributed by atoms with Gasteiger partial charge in [-0.05, 0) is 43.8 Å². The minimum atomic E-state index is -0.183. The van der Waals surface area contributed by atoms with Crippen LogP contribution in [0.3, 0.4) is 0 Å². The maximum absolute atomic E-state index is 12.7. The Morgan fingerprint density at radius 2 is 1.86 bits per heavy atom. The van der Waals surface area contributed by atoms with E-state index in [0.29, 0.717) is 5.92 Å². The van der Waals surface area contributed by atoms with Crippen LogP contribution in [0.5, 0.6) is 11.5 Å². The molecule has 22 heavy (non-hydrogen) atoms. The van der Waals surface area contributed by atoms with Crippen molar-refractivity contribution in [2.75, 3.05) is 34.0 Å². The van der Waals surface area contributed by atoms with Crippen molar-refractivity contribution in [3.63, 3.8) is 0 Å². The number of methoxy groups -OCH3 is 2. The van der Waals surface area contributed by atoms with E-state index >= 15 is 0 Å². The molecule has 0 aromatic heterocycles. The summed E-state index contributed by atoms with van der Waals surface area (Å²) in [5, 5.41) is 0. The number of halogens is 1. The van der Waals surface area contributed by atoms with Gasteiger partial charge in [-0.1, -0.05) is 19.9 Å². The third-order valence-corrected chi connectivity index (χ3v) is 4.56. The number of benzene rings is 1. The molecule has 0 atom stereocenters. The highest BCUT2D eigenvalue weighted by Gasteiger charge is 2.22. The molecule has 0 radical (unpaired) electrons. The monoisotopic (exact) mass is 309 g/mol. The summed E-state index contributed by atoms with van der Waals surface area (Å²) in [5.41, 5.74) is 2.31. The SMILES string of the molecule is COc1ccc(CN2CCC(CF)CC2)c(OC)c1C(C)C. The summed E-state index contributed by atoms with van der Waals surface area (Å²) in [6.07, 6.45) is 1.90. The fourth-order valence-electron chi connectivity index (χ4n) is 3.26. The van der Waals surface area contributed by atoms with Gasteiger partial charge in [0.05, 0.1) is 20.9 Å². The molecule has 1 aromatic rings. The summed E-state index contributed by atoms with van der Waals surface area (Å²) >= 11 is 0. The smallest absolute Gasteiger partial charge is 0.130 e. The van der Waals surface area contributed by atoms with E-state index in [4.69, 9.17) is 9.47 Å². The van der Waals surface area contributed by atoms with Gasteiger partial charge < -0.3 is 9.47 Å². The van der Waals surface area contributed by atoms with Crippen LogP contribution < -0.4 is 9.47 Å². The Kier molecular flexibility index (Phi) is 6.07. The van der Waals surface area contributed by atoms with Crippen LogP contribution in [-0.4, -0.2) is 38.9 Å². The maximum Gasteiger partial charge on any atom is 0.130 e. The van der Waals surface area contributed by atoms with E-state index in [1.54, 1.807) is 14.2 Å². The van der Waals surface area contributed by atoms with Gasteiger partial charge in [0.2, 0.25) is 0 Å². The molecule has 1 aromatic carbocycles. The lowest BCUT2D eigenvalue weighted by molar-refractivity contribution is 0.158. The predicted octanol–water partition coefficient (Wildman–Crippen LogP) is 4.01. The lowest BCUT2D eigenvalue weighted by Crippen LogP contribution is -2.34. The van der Waals surface area contributed by atoms with E-state index in [2.05, 4.69) is 24.8 Å². The third kappa shape index (κ3) is 3.72. The van der Waals surface area contributed by atoms with Gasteiger partial charge in [-0.2, -0.15) is 0 Å². The number of hydrogen-bond donors (Lipinski definition) is 0. The van der Waals surface area contributed by atoms with Crippen LogP contribution in [0.15, 0.2) is 12.1 Å². The second-order valence-corrected chi connectivity index (χ2v) is 6.40. The first-order chi connectivity index (χ1) is 10.6. The topological polar surface area (TPSA) is 21.7 Å². The van der Waals surface area contributed by atoms with E-state index < -0.39 is 0 Å². The minimum Gasteiger partial charge on any atom is -0.496 e. The van der Waals surface area contributed by atoms with Gasteiger partial charge >= 0.3 is 0 Å². The van der Waals surface area contributed by atoms with Crippen molar-refractivity contribution in [1.29, 1.82) is 0 Å². The highest BCUT2D eigenvalue weighted by molar-refractivity contribution is 5.51. The van der Waals surface area contributed by atoms with Crippen molar-refractivity contribution in [1.82, 2.24) is 4.90 Å². The first-order valence-corrected chi connectivity index (χ1v) is 8.12. The molecule has 1 saturated heterocycles. The molecule has 1 heterocycles. The largest absolute Gasteiger partial charge is 0.496 e. The molecule has 0 saturated carbocycles. The lowest BCUT2D eigenvalue weighted by Gasteiger charge is -2.31. The van der Waals surface area contributed by atoms with Gasteiger partial charge in [0.1, 0.15) is 11.5 Å². The average Bonchev–Trinajstić information content (AvgIpc) is 2.54. The number of nitrogens with zero attached hydrogens (tertiary/aromatic N) is 1. The molecule has 2 rings (SSSR count). The van der Waals surface area contributed by atoms with Crippen LogP contribution in [0.4, 0.5) is 4.39 Å². The third-order valence-electron chi connectivity index (χ3n) is 4.56. The van der Waals surface area contributed by atoms with Crippen molar-refractivity contribution in [3.05, 3.63) is 23.3 Å². The molecule has 0 amide bonds. The minimum absolute atomic E-state index is 0.183. The van der Waals surface area contributed by atoms with E-state index in [1.165, 1.54) is 5.56 Å².